The number of ketones is 1. The van der Waals surface area contributed by atoms with Gasteiger partial charge in [0.15, 0.2) is 23.4 Å². The van der Waals surface area contributed by atoms with Gasteiger partial charge in [0.2, 0.25) is 0 Å². The molecule has 6 heteroatoms. The van der Waals surface area contributed by atoms with Crippen molar-refractivity contribution < 1.29 is 23.8 Å². The van der Waals surface area contributed by atoms with Crippen LogP contribution in [-0.4, -0.2) is 56.1 Å². The van der Waals surface area contributed by atoms with Crippen molar-refractivity contribution in [3.63, 3.8) is 0 Å². The molecule has 4 unspecified atom stereocenters. The highest BCUT2D eigenvalue weighted by atomic mass is 16.5. The average molecular weight is 440 g/mol. The fraction of sp³-hybridized carbons (Fsp3) is 0.615. The van der Waals surface area contributed by atoms with Gasteiger partial charge >= 0.3 is 5.97 Å². The molecule has 172 valence electrons. The number of carbonyl (C=O) groups is 2. The van der Waals surface area contributed by atoms with Crippen LogP contribution in [0.15, 0.2) is 12.1 Å². The topological polar surface area (TPSA) is 65.1 Å². The number of nitrogens with zero attached hydrogens (tertiary/aromatic N) is 1. The number of carbonyl (C=O) groups excluding carboxylic acids is 2. The van der Waals surface area contributed by atoms with Gasteiger partial charge in [0, 0.05) is 36.6 Å². The Morgan fingerprint density at radius 1 is 1.28 bits per heavy atom. The van der Waals surface area contributed by atoms with E-state index in [1.807, 2.05) is 12.1 Å². The molecule has 3 aliphatic carbocycles. The molecule has 1 aliphatic heterocycles. The van der Waals surface area contributed by atoms with Crippen molar-refractivity contribution in [1.82, 2.24) is 4.90 Å². The van der Waals surface area contributed by atoms with Gasteiger partial charge in [-0.2, -0.15) is 0 Å². The lowest BCUT2D eigenvalue weighted by Gasteiger charge is -2.46. The molecular weight excluding hydrogens is 406 g/mol. The number of rotatable bonds is 8. The summed E-state index contributed by atoms with van der Waals surface area (Å²) in [5.74, 6) is 2.47. The van der Waals surface area contributed by atoms with Crippen LogP contribution in [0.3, 0.4) is 0 Å². The molecule has 4 aliphatic rings. The molecule has 32 heavy (non-hydrogen) atoms. The lowest BCUT2D eigenvalue weighted by molar-refractivity contribution is -0.134. The first kappa shape index (κ1) is 21.5. The molecule has 0 bridgehead atoms. The lowest BCUT2D eigenvalue weighted by atomic mass is 9.64. The molecule has 0 N–H and O–H groups in total. The molecule has 1 aromatic carbocycles. The fourth-order valence-electron chi connectivity index (χ4n) is 6.14. The zero-order valence-corrected chi connectivity index (χ0v) is 19.3. The van der Waals surface area contributed by atoms with Gasteiger partial charge in [0.1, 0.15) is 0 Å². The minimum atomic E-state index is -0.413. The van der Waals surface area contributed by atoms with Gasteiger partial charge in [0.25, 0.3) is 0 Å². The van der Waals surface area contributed by atoms with E-state index < -0.39 is 6.10 Å². The highest BCUT2D eigenvalue weighted by molar-refractivity contribution is 5.90. The summed E-state index contributed by atoms with van der Waals surface area (Å²) in [6.07, 6.45) is 9.07. The van der Waals surface area contributed by atoms with Gasteiger partial charge in [-0.3, -0.25) is 9.69 Å². The molecule has 0 aromatic heterocycles. The van der Waals surface area contributed by atoms with E-state index in [1.165, 1.54) is 31.6 Å². The van der Waals surface area contributed by atoms with E-state index in [4.69, 9.17) is 14.2 Å². The summed E-state index contributed by atoms with van der Waals surface area (Å²) in [6, 6.07) is 2.33. The Balaban J connectivity index is 1.62. The predicted octanol–water partition coefficient (Wildman–Crippen LogP) is 3.75. The molecule has 0 saturated heterocycles. The largest absolute Gasteiger partial charge is 0.493 e. The minimum Gasteiger partial charge on any atom is -0.493 e. The smallest absolute Gasteiger partial charge is 0.330 e. The normalized spacial score (nSPS) is 28.1. The Hall–Kier alpha value is -2.34. The highest BCUT2D eigenvalue weighted by Crippen LogP contribution is 2.57. The highest BCUT2D eigenvalue weighted by Gasteiger charge is 2.54. The first-order valence-electron chi connectivity index (χ1n) is 12.0. The van der Waals surface area contributed by atoms with Crippen LogP contribution >= 0.6 is 0 Å². The maximum absolute atomic E-state index is 12.9. The summed E-state index contributed by atoms with van der Waals surface area (Å²) in [4.78, 5) is 27.4. The van der Waals surface area contributed by atoms with E-state index in [-0.39, 0.29) is 17.7 Å². The molecule has 6 nitrogen and oxygen atoms in total. The van der Waals surface area contributed by atoms with Gasteiger partial charge in [0.05, 0.1) is 14.2 Å². The fourth-order valence-corrected chi connectivity index (χ4v) is 6.14. The van der Waals surface area contributed by atoms with Crippen LogP contribution in [-0.2, 0) is 20.7 Å². The zero-order chi connectivity index (χ0) is 22.4. The van der Waals surface area contributed by atoms with Crippen LogP contribution < -0.4 is 9.47 Å². The van der Waals surface area contributed by atoms with Crippen molar-refractivity contribution in [2.75, 3.05) is 27.3 Å². The van der Waals surface area contributed by atoms with Crippen molar-refractivity contribution in [3.05, 3.63) is 28.8 Å². The molecule has 1 heterocycles. The molecule has 4 atom stereocenters. The van der Waals surface area contributed by atoms with Gasteiger partial charge in [-0.05, 0) is 73.8 Å². The first-order chi connectivity index (χ1) is 15.5. The van der Waals surface area contributed by atoms with Crippen molar-refractivity contribution in [2.24, 2.45) is 11.8 Å². The number of Topliss-reactive ketones (excluding diaryl/α,β-unsaturated/α-hetero) is 1. The van der Waals surface area contributed by atoms with Crippen LogP contribution in [0.4, 0.5) is 0 Å². The van der Waals surface area contributed by atoms with Crippen molar-refractivity contribution in [3.8, 4) is 11.5 Å². The maximum Gasteiger partial charge on any atom is 0.330 e. The maximum atomic E-state index is 12.9. The molecule has 5 rings (SSSR count). The van der Waals surface area contributed by atoms with E-state index >= 15 is 0 Å². The molecule has 1 aromatic rings. The number of hydrogen-bond acceptors (Lipinski definition) is 6. The zero-order valence-electron chi connectivity index (χ0n) is 19.3. The third-order valence-corrected chi connectivity index (χ3v) is 7.73. The quantitative estimate of drug-likeness (QED) is 0.454. The molecule has 2 fully saturated rings. The van der Waals surface area contributed by atoms with Crippen LogP contribution in [0, 0.1) is 11.8 Å². The molecule has 2 saturated carbocycles. The number of hydrogen-bond donors (Lipinski definition) is 0. The summed E-state index contributed by atoms with van der Waals surface area (Å²) in [5.41, 5.74) is 3.29. The second-order valence-corrected chi connectivity index (χ2v) is 9.69. The van der Waals surface area contributed by atoms with Gasteiger partial charge in [-0.1, -0.05) is 6.92 Å². The Bertz CT molecular complexity index is 950. The first-order valence-corrected chi connectivity index (χ1v) is 12.0. The summed E-state index contributed by atoms with van der Waals surface area (Å²) in [6.45, 7) is 4.47. The third-order valence-electron chi connectivity index (χ3n) is 7.73. The monoisotopic (exact) mass is 439 g/mol. The lowest BCUT2D eigenvalue weighted by Crippen LogP contribution is -2.52. The Morgan fingerprint density at radius 2 is 2.09 bits per heavy atom. The van der Waals surface area contributed by atoms with Crippen LogP contribution in [0.1, 0.15) is 61.6 Å². The van der Waals surface area contributed by atoms with E-state index in [0.717, 1.165) is 55.1 Å². The second kappa shape index (κ2) is 8.54. The minimum absolute atomic E-state index is 0.0685. The average Bonchev–Trinajstić information content (AvgIpc) is 3.53. The predicted molar refractivity (Wildman–Crippen MR) is 121 cm³/mol. The van der Waals surface area contributed by atoms with Crippen LogP contribution in [0.2, 0.25) is 0 Å². The van der Waals surface area contributed by atoms with Gasteiger partial charge < -0.3 is 14.2 Å². The second-order valence-electron chi connectivity index (χ2n) is 9.69. The van der Waals surface area contributed by atoms with Crippen LogP contribution in [0.25, 0.3) is 6.08 Å². The van der Waals surface area contributed by atoms with Gasteiger partial charge in [-0.25, -0.2) is 4.79 Å². The SMILES string of the molecule is CCCN(CC1CC1)C1Cc2c(/C=C/C(=O)OC)cc(OC)c3c2C2C(O3)C(=O)CCC21. The molecule has 0 amide bonds. The van der Waals surface area contributed by atoms with E-state index in [9.17, 15) is 9.59 Å². The standard InChI is InChI=1S/C26H33NO5/c1-4-11-27(14-15-5-6-15)19-13-18-16(7-10-22(29)31-3)12-21(30-2)26-24(18)23-17(19)8-9-20(28)25(23)32-26/h7,10,12,15,17,19,23,25H,4-6,8-9,11,13-14H2,1-3H3/b10-7+. The molecular formula is C26H33NO5. The number of methoxy groups -OCH3 is 2. The number of ether oxygens (including phenoxy) is 3. The summed E-state index contributed by atoms with van der Waals surface area (Å²) in [7, 11) is 3.01. The van der Waals surface area contributed by atoms with Crippen molar-refractivity contribution >= 4 is 17.8 Å². The van der Waals surface area contributed by atoms with Gasteiger partial charge in [-0.15, -0.1) is 0 Å². The van der Waals surface area contributed by atoms with E-state index in [2.05, 4.69) is 11.8 Å². The van der Waals surface area contributed by atoms with Crippen molar-refractivity contribution in [2.45, 2.75) is 63.5 Å². The number of esters is 1. The Morgan fingerprint density at radius 3 is 2.78 bits per heavy atom. The van der Waals surface area contributed by atoms with E-state index in [0.29, 0.717) is 24.1 Å². The summed E-state index contributed by atoms with van der Waals surface area (Å²) in [5, 5.41) is 0. The molecule has 0 radical (unpaired) electrons. The third kappa shape index (κ3) is 3.62. The molecule has 0 spiro atoms. The summed E-state index contributed by atoms with van der Waals surface area (Å²) < 4.78 is 16.8. The van der Waals surface area contributed by atoms with Crippen LogP contribution in [0.5, 0.6) is 11.5 Å². The Labute approximate surface area is 189 Å². The van der Waals surface area contributed by atoms with E-state index in [1.54, 1.807) is 7.11 Å². The van der Waals surface area contributed by atoms with Crippen molar-refractivity contribution in [1.29, 1.82) is 0 Å². The number of benzene rings is 1. The summed E-state index contributed by atoms with van der Waals surface area (Å²) >= 11 is 0. The Kier molecular flexibility index (Phi) is 5.74.